The lowest BCUT2D eigenvalue weighted by Gasteiger charge is -2.38. The number of hydrogen-bond acceptors (Lipinski definition) is 9. The van der Waals surface area contributed by atoms with Crippen molar-refractivity contribution in [2.24, 2.45) is 0 Å². The summed E-state index contributed by atoms with van der Waals surface area (Å²) >= 11 is 0. The Kier molecular flexibility index (Phi) is 11.1. The fraction of sp³-hybridized carbons (Fsp3) is 0.513. The maximum absolute atomic E-state index is 17.4. The minimum Gasteiger partial charge on any atom is -0.468 e. The van der Waals surface area contributed by atoms with Crippen LogP contribution in [0.5, 0.6) is 5.75 Å². The Bertz CT molecular complexity index is 2200. The van der Waals surface area contributed by atoms with Gasteiger partial charge in [-0.05, 0) is 46.6 Å². The van der Waals surface area contributed by atoms with E-state index >= 15 is 13.2 Å². The minimum atomic E-state index is -4.04. The van der Waals surface area contributed by atoms with Crippen molar-refractivity contribution in [1.82, 2.24) is 15.0 Å². The second-order valence-electron chi connectivity index (χ2n) is 14.8. The molecule has 0 radical (unpaired) electrons. The normalized spacial score (nSPS) is 18.0. The van der Waals surface area contributed by atoms with Crippen LogP contribution in [0.1, 0.15) is 78.7 Å². The number of sulfone groups is 1. The molecule has 53 heavy (non-hydrogen) atoms. The van der Waals surface area contributed by atoms with Gasteiger partial charge in [0.15, 0.2) is 12.6 Å². The van der Waals surface area contributed by atoms with Gasteiger partial charge >= 0.3 is 0 Å². The van der Waals surface area contributed by atoms with Crippen LogP contribution in [0.25, 0.3) is 32.9 Å². The molecular formula is C39H47F3N4O5SSi. The van der Waals surface area contributed by atoms with Crippen molar-refractivity contribution in [1.29, 1.82) is 0 Å². The Labute approximate surface area is 310 Å². The highest BCUT2D eigenvalue weighted by Crippen LogP contribution is 2.45. The number of benzene rings is 2. The van der Waals surface area contributed by atoms with Gasteiger partial charge in [0, 0.05) is 37.6 Å². The summed E-state index contributed by atoms with van der Waals surface area (Å²) in [5, 5.41) is 0.184. The number of pyridine rings is 1. The Balaban J connectivity index is 1.74. The molecule has 2 aliphatic heterocycles. The molecule has 284 valence electrons. The first-order valence-electron chi connectivity index (χ1n) is 18.2. The molecule has 0 spiro atoms. The molecule has 2 atom stereocenters. The molecule has 4 aromatic rings. The summed E-state index contributed by atoms with van der Waals surface area (Å²) < 4.78 is 93.6. The van der Waals surface area contributed by atoms with Crippen LogP contribution in [0.2, 0.25) is 16.6 Å². The lowest BCUT2D eigenvalue weighted by atomic mass is 9.95. The van der Waals surface area contributed by atoms with Gasteiger partial charge in [-0.2, -0.15) is 0 Å². The summed E-state index contributed by atoms with van der Waals surface area (Å²) in [4.78, 5) is 15.2. The molecule has 0 unspecified atom stereocenters. The van der Waals surface area contributed by atoms with Gasteiger partial charge in [0.25, 0.3) is 0 Å². The van der Waals surface area contributed by atoms with Crippen molar-refractivity contribution in [3.05, 3.63) is 47.2 Å². The van der Waals surface area contributed by atoms with E-state index in [9.17, 15) is 8.42 Å². The quantitative estimate of drug-likeness (QED) is 0.0718. The maximum Gasteiger partial charge on any atom is 0.249 e. The number of aromatic nitrogens is 3. The van der Waals surface area contributed by atoms with E-state index in [1.165, 1.54) is 26.2 Å². The van der Waals surface area contributed by atoms with Gasteiger partial charge in [0.1, 0.15) is 42.8 Å². The summed E-state index contributed by atoms with van der Waals surface area (Å²) in [7, 11) is -4.95. The number of hydrogen-bond donors (Lipinski definition) is 0. The van der Waals surface area contributed by atoms with Crippen LogP contribution in [-0.2, 0) is 19.3 Å². The molecule has 0 saturated carbocycles. The summed E-state index contributed by atoms with van der Waals surface area (Å²) in [5.74, 6) is 1.67. The number of methoxy groups -OCH3 is 1. The molecule has 0 bridgehead atoms. The molecule has 9 nitrogen and oxygen atoms in total. The zero-order chi connectivity index (χ0) is 38.4. The van der Waals surface area contributed by atoms with Gasteiger partial charge in [0.05, 0.1) is 35.0 Å². The second kappa shape index (κ2) is 15.2. The maximum atomic E-state index is 17.4. The van der Waals surface area contributed by atoms with Gasteiger partial charge < -0.3 is 19.1 Å². The molecule has 4 heterocycles. The van der Waals surface area contributed by atoms with E-state index < -0.39 is 46.9 Å². The van der Waals surface area contributed by atoms with Crippen LogP contribution in [-0.4, -0.2) is 76.9 Å². The third-order valence-corrected chi connectivity index (χ3v) is 18.6. The molecule has 0 N–H and O–H groups in total. The molecule has 0 aliphatic carbocycles. The van der Waals surface area contributed by atoms with Crippen molar-refractivity contribution in [3.63, 3.8) is 0 Å². The van der Waals surface area contributed by atoms with Crippen molar-refractivity contribution in [2.75, 3.05) is 44.3 Å². The van der Waals surface area contributed by atoms with Crippen LogP contribution in [0.15, 0.2) is 29.4 Å². The van der Waals surface area contributed by atoms with E-state index in [1.54, 1.807) is 17.0 Å². The molecule has 1 saturated heterocycles. The number of halogens is 3. The Morgan fingerprint density at radius 2 is 1.75 bits per heavy atom. The van der Waals surface area contributed by atoms with Gasteiger partial charge in [0.2, 0.25) is 15.0 Å². The minimum absolute atomic E-state index is 0.00192. The number of anilines is 1. The lowest BCUT2D eigenvalue weighted by Crippen LogP contribution is -2.43. The van der Waals surface area contributed by atoms with Crippen LogP contribution in [0, 0.1) is 23.1 Å². The van der Waals surface area contributed by atoms with Crippen molar-refractivity contribution >= 4 is 45.4 Å². The second-order valence-corrected chi connectivity index (χ2v) is 22.5. The van der Waals surface area contributed by atoms with E-state index in [1.807, 2.05) is 0 Å². The van der Waals surface area contributed by atoms with E-state index in [0.29, 0.717) is 25.0 Å². The zero-order valence-corrected chi connectivity index (χ0v) is 33.3. The molecule has 14 heteroatoms. The zero-order valence-electron chi connectivity index (χ0n) is 31.5. The number of ether oxygens (including phenoxy) is 3. The fourth-order valence-corrected chi connectivity index (χ4v) is 14.2. The smallest absolute Gasteiger partial charge is 0.249 e. The molecular weight excluding hydrogens is 722 g/mol. The predicted molar refractivity (Wildman–Crippen MR) is 203 cm³/mol. The van der Waals surface area contributed by atoms with Gasteiger partial charge in [-0.15, -0.1) is 5.54 Å². The standard InChI is InChI=1S/C39H47F3N4O5SSi/c1-9-52(47,48)39-44-37-33-36(31(41)18-26-20-50-15-10-14-46(26)38(33)45-39)43-35(34(37)42)29-19-27(51-21-49-8)17-25-11-12-30(40)28(32(25)29)13-16-53(22(2)3,23(4)5)24(6)7/h11-12,17,19,22-24,26,31H,9-10,14-15,18,20-21H2,1-8H3/t26-,31+/m0/s1. The Hall–Kier alpha value is -3.77. The highest BCUT2D eigenvalue weighted by atomic mass is 32.2. The van der Waals surface area contributed by atoms with Crippen LogP contribution >= 0.6 is 0 Å². The molecule has 2 aromatic heterocycles. The monoisotopic (exact) mass is 768 g/mol. The van der Waals surface area contributed by atoms with Crippen LogP contribution in [0.3, 0.4) is 0 Å². The van der Waals surface area contributed by atoms with Gasteiger partial charge in [-0.1, -0.05) is 60.5 Å². The molecule has 6 rings (SSSR count). The Morgan fingerprint density at radius 3 is 2.42 bits per heavy atom. The summed E-state index contributed by atoms with van der Waals surface area (Å²) in [6.45, 7) is 15.2. The first-order chi connectivity index (χ1) is 25.2. The summed E-state index contributed by atoms with van der Waals surface area (Å²) in [5.41, 5.74) is 3.66. The van der Waals surface area contributed by atoms with Crippen molar-refractivity contribution in [2.45, 2.75) is 95.3 Å². The number of rotatable bonds is 9. The van der Waals surface area contributed by atoms with E-state index in [-0.39, 0.29) is 92.6 Å². The highest BCUT2D eigenvalue weighted by Gasteiger charge is 2.42. The highest BCUT2D eigenvalue weighted by molar-refractivity contribution is 7.91. The number of fused-ring (bicyclic) bond motifs is 3. The molecule has 2 aromatic carbocycles. The topological polar surface area (TPSA) is 104 Å². The van der Waals surface area contributed by atoms with E-state index in [0.717, 1.165) is 0 Å². The molecule has 1 fully saturated rings. The average Bonchev–Trinajstić information content (AvgIpc) is 3.41. The third kappa shape index (κ3) is 6.90. The van der Waals surface area contributed by atoms with E-state index in [4.69, 9.17) is 14.2 Å². The lowest BCUT2D eigenvalue weighted by molar-refractivity contribution is 0.0512. The van der Waals surface area contributed by atoms with Crippen LogP contribution in [0.4, 0.5) is 19.0 Å². The van der Waals surface area contributed by atoms with Crippen LogP contribution < -0.4 is 9.64 Å². The largest absolute Gasteiger partial charge is 0.468 e. The average molecular weight is 769 g/mol. The van der Waals surface area contributed by atoms with Crippen molar-refractivity contribution < 1.29 is 35.8 Å². The van der Waals surface area contributed by atoms with Gasteiger partial charge in [-0.3, -0.25) is 0 Å². The summed E-state index contributed by atoms with van der Waals surface area (Å²) in [6.07, 6.45) is -1.20. The van der Waals surface area contributed by atoms with E-state index in [2.05, 4.69) is 68.0 Å². The van der Waals surface area contributed by atoms with Crippen molar-refractivity contribution in [3.8, 4) is 28.5 Å². The fourth-order valence-electron chi connectivity index (χ4n) is 8.23. The summed E-state index contributed by atoms with van der Waals surface area (Å²) in [6, 6.07) is 5.54. The molecule has 0 amide bonds. The third-order valence-electron chi connectivity index (χ3n) is 10.8. The molecule has 2 aliphatic rings. The number of nitrogens with zero attached hydrogens (tertiary/aromatic N) is 4. The first-order valence-corrected chi connectivity index (χ1v) is 22.1. The SMILES string of the molecule is CCS(=O)(=O)c1nc2c3c(nc(-c4cc(OCOC)cc5ccc(F)c(C#C[Si](C(C)C)(C(C)C)C(C)C)c45)c(F)c3n1)[C@H](F)C[C@H]1COCCCN21. The first kappa shape index (κ1) is 38.9. The number of alkyl halides is 1. The Morgan fingerprint density at radius 1 is 1.04 bits per heavy atom. The predicted octanol–water partition coefficient (Wildman–Crippen LogP) is 8.48. The van der Waals surface area contributed by atoms with Gasteiger partial charge in [-0.25, -0.2) is 36.5 Å².